The quantitative estimate of drug-likeness (QED) is 0.635. The van der Waals surface area contributed by atoms with Crippen LogP contribution in [0.2, 0.25) is 0 Å². The fraction of sp³-hybridized carbons (Fsp3) is 0.536. The molecule has 0 bridgehead atoms. The first-order chi connectivity index (χ1) is 17.5. The number of anilines is 2. The number of rotatable bonds is 7. The summed E-state index contributed by atoms with van der Waals surface area (Å²) in [7, 11) is 0. The number of hydrogen-bond donors (Lipinski definition) is 1. The van der Waals surface area contributed by atoms with Crippen LogP contribution in [-0.2, 0) is 14.3 Å². The van der Waals surface area contributed by atoms with Crippen molar-refractivity contribution in [3.8, 4) is 5.75 Å². The van der Waals surface area contributed by atoms with Gasteiger partial charge in [0.2, 0.25) is 11.8 Å². The average Bonchev–Trinajstić information content (AvgIpc) is 2.86. The number of hydrogen-bond acceptors (Lipinski definition) is 6. The maximum Gasteiger partial charge on any atom is 0.231 e. The summed E-state index contributed by atoms with van der Waals surface area (Å²) in [6.45, 7) is 6.45. The summed E-state index contributed by atoms with van der Waals surface area (Å²) in [6, 6.07) is 11.6. The van der Waals surface area contributed by atoms with E-state index in [2.05, 4.69) is 15.2 Å². The lowest BCUT2D eigenvalue weighted by atomic mass is 9.95. The lowest BCUT2D eigenvalue weighted by Gasteiger charge is -2.40. The van der Waals surface area contributed by atoms with Gasteiger partial charge in [-0.05, 0) is 62.1 Å². The van der Waals surface area contributed by atoms with E-state index in [4.69, 9.17) is 9.47 Å². The molecule has 1 N–H and O–H groups in total. The van der Waals surface area contributed by atoms with Crippen LogP contribution in [0.4, 0.5) is 11.4 Å². The maximum atomic E-state index is 12.6. The van der Waals surface area contributed by atoms with Crippen LogP contribution in [0.3, 0.4) is 0 Å². The first-order valence-corrected chi connectivity index (χ1v) is 13.1. The van der Waals surface area contributed by atoms with Gasteiger partial charge in [-0.3, -0.25) is 14.6 Å². The maximum absolute atomic E-state index is 12.6. The normalized spacial score (nSPS) is 19.6. The molecule has 2 aromatic rings. The first-order valence-electron chi connectivity index (χ1n) is 13.1. The van der Waals surface area contributed by atoms with Gasteiger partial charge >= 0.3 is 0 Å². The largest absolute Gasteiger partial charge is 0.490 e. The molecule has 8 nitrogen and oxygen atoms in total. The second-order valence-electron chi connectivity index (χ2n) is 10.2. The second-order valence-corrected chi connectivity index (χ2v) is 10.2. The number of likely N-dealkylation sites (tertiary alicyclic amines) is 1. The fourth-order valence-electron chi connectivity index (χ4n) is 5.25. The number of amides is 2. The number of carbonyl (C=O) groups is 2. The zero-order chi connectivity index (χ0) is 24.9. The standard InChI is InChI=1S/C28H36N4O4/c1-20-26(3-2-12-29-20)32-18-22(19-32)28(34)30-23-4-6-24(7-5-23)36-25-8-13-31(14-9-25)27(33)17-21-10-15-35-16-11-21/h2-7,12,21-22,25H,8-11,13-19H2,1H3,(H,30,34). The van der Waals surface area contributed by atoms with Gasteiger partial charge in [0.15, 0.2) is 0 Å². The van der Waals surface area contributed by atoms with E-state index in [9.17, 15) is 9.59 Å². The zero-order valence-electron chi connectivity index (χ0n) is 21.0. The Morgan fingerprint density at radius 2 is 1.78 bits per heavy atom. The van der Waals surface area contributed by atoms with E-state index in [0.717, 1.165) is 74.8 Å². The second kappa shape index (κ2) is 11.3. The molecule has 0 spiro atoms. The van der Waals surface area contributed by atoms with Gasteiger partial charge in [-0.1, -0.05) is 0 Å². The van der Waals surface area contributed by atoms with E-state index in [0.29, 0.717) is 25.4 Å². The smallest absolute Gasteiger partial charge is 0.231 e. The Bertz CT molecular complexity index is 1040. The number of nitrogens with one attached hydrogen (secondary N) is 1. The number of benzene rings is 1. The van der Waals surface area contributed by atoms with E-state index in [1.54, 1.807) is 6.20 Å². The summed E-state index contributed by atoms with van der Waals surface area (Å²) in [5.41, 5.74) is 2.86. The first kappa shape index (κ1) is 24.6. The summed E-state index contributed by atoms with van der Waals surface area (Å²) < 4.78 is 11.6. The summed E-state index contributed by atoms with van der Waals surface area (Å²) in [4.78, 5) is 33.8. The highest BCUT2D eigenvalue weighted by Gasteiger charge is 2.33. The molecule has 1 aromatic heterocycles. The lowest BCUT2D eigenvalue weighted by Crippen LogP contribution is -2.52. The molecule has 0 radical (unpaired) electrons. The van der Waals surface area contributed by atoms with Crippen LogP contribution in [0.1, 0.15) is 37.8 Å². The molecule has 36 heavy (non-hydrogen) atoms. The lowest BCUT2D eigenvalue weighted by molar-refractivity contribution is -0.134. The summed E-state index contributed by atoms with van der Waals surface area (Å²) in [5.74, 6) is 1.54. The van der Waals surface area contributed by atoms with Gasteiger partial charge in [-0.15, -0.1) is 0 Å². The van der Waals surface area contributed by atoms with Crippen molar-refractivity contribution < 1.29 is 19.1 Å². The number of nitrogens with zero attached hydrogens (tertiary/aromatic N) is 3. The highest BCUT2D eigenvalue weighted by Crippen LogP contribution is 2.28. The number of aromatic nitrogens is 1. The summed E-state index contributed by atoms with van der Waals surface area (Å²) in [5, 5.41) is 3.02. The van der Waals surface area contributed by atoms with Crippen LogP contribution in [0.15, 0.2) is 42.6 Å². The van der Waals surface area contributed by atoms with E-state index in [-0.39, 0.29) is 23.8 Å². The fourth-order valence-corrected chi connectivity index (χ4v) is 5.25. The molecule has 3 saturated heterocycles. The van der Waals surface area contributed by atoms with Crippen molar-refractivity contribution in [2.45, 2.75) is 45.1 Å². The highest BCUT2D eigenvalue weighted by atomic mass is 16.5. The summed E-state index contributed by atoms with van der Waals surface area (Å²) >= 11 is 0. The van der Waals surface area contributed by atoms with Crippen molar-refractivity contribution in [1.29, 1.82) is 0 Å². The van der Waals surface area contributed by atoms with Crippen molar-refractivity contribution in [1.82, 2.24) is 9.88 Å². The molecule has 1 aromatic carbocycles. The Kier molecular flexibility index (Phi) is 7.70. The summed E-state index contributed by atoms with van der Waals surface area (Å²) in [6.07, 6.45) is 6.20. The van der Waals surface area contributed by atoms with E-state index in [1.807, 2.05) is 48.2 Å². The highest BCUT2D eigenvalue weighted by molar-refractivity contribution is 5.94. The number of piperidine rings is 1. The molecular weight excluding hydrogens is 456 g/mol. The predicted molar refractivity (Wildman–Crippen MR) is 138 cm³/mol. The third kappa shape index (κ3) is 5.98. The molecule has 0 atom stereocenters. The Hall–Kier alpha value is -3.13. The van der Waals surface area contributed by atoms with E-state index < -0.39 is 0 Å². The number of carbonyl (C=O) groups excluding carboxylic acids is 2. The Labute approximate surface area is 213 Å². The molecule has 3 aliphatic rings. The molecule has 192 valence electrons. The van der Waals surface area contributed by atoms with Crippen molar-refractivity contribution in [2.24, 2.45) is 11.8 Å². The Morgan fingerprint density at radius 3 is 2.47 bits per heavy atom. The molecule has 3 fully saturated rings. The Morgan fingerprint density at radius 1 is 1.06 bits per heavy atom. The molecule has 5 rings (SSSR count). The molecule has 2 amide bonds. The van der Waals surface area contributed by atoms with Gasteiger partial charge in [0.1, 0.15) is 11.9 Å². The van der Waals surface area contributed by atoms with Gasteiger partial charge < -0.3 is 24.6 Å². The predicted octanol–water partition coefficient (Wildman–Crippen LogP) is 3.65. The minimum Gasteiger partial charge on any atom is -0.490 e. The molecule has 0 aliphatic carbocycles. The number of ether oxygens (including phenoxy) is 2. The van der Waals surface area contributed by atoms with Crippen molar-refractivity contribution >= 4 is 23.2 Å². The van der Waals surface area contributed by atoms with Gasteiger partial charge in [0.05, 0.1) is 17.3 Å². The van der Waals surface area contributed by atoms with Gasteiger partial charge in [-0.2, -0.15) is 0 Å². The average molecular weight is 493 g/mol. The van der Waals surface area contributed by atoms with Crippen LogP contribution in [0.5, 0.6) is 5.75 Å². The Balaban J connectivity index is 1.03. The van der Waals surface area contributed by atoms with Crippen LogP contribution < -0.4 is 15.0 Å². The van der Waals surface area contributed by atoms with Crippen LogP contribution >= 0.6 is 0 Å². The van der Waals surface area contributed by atoms with Crippen molar-refractivity contribution in [3.63, 3.8) is 0 Å². The third-order valence-corrected chi connectivity index (χ3v) is 7.60. The van der Waals surface area contributed by atoms with E-state index >= 15 is 0 Å². The molecule has 4 heterocycles. The zero-order valence-corrected chi connectivity index (χ0v) is 21.0. The van der Waals surface area contributed by atoms with Crippen molar-refractivity contribution in [2.75, 3.05) is 49.6 Å². The SMILES string of the molecule is Cc1ncccc1N1CC(C(=O)Nc2ccc(OC3CCN(C(=O)CC4CCOCC4)CC3)cc2)C1. The van der Waals surface area contributed by atoms with E-state index in [1.165, 1.54) is 0 Å². The molecule has 0 unspecified atom stereocenters. The molecule has 0 saturated carbocycles. The van der Waals surface area contributed by atoms with Crippen LogP contribution in [0, 0.1) is 18.8 Å². The van der Waals surface area contributed by atoms with Crippen LogP contribution in [-0.4, -0.2) is 67.2 Å². The number of pyridine rings is 1. The third-order valence-electron chi connectivity index (χ3n) is 7.60. The molecule has 8 heteroatoms. The molecule has 3 aliphatic heterocycles. The van der Waals surface area contributed by atoms with Crippen LogP contribution in [0.25, 0.3) is 0 Å². The number of aryl methyl sites for hydroxylation is 1. The minimum atomic E-state index is -0.0279. The van der Waals surface area contributed by atoms with Gasteiger partial charge in [0.25, 0.3) is 0 Å². The molecular formula is C28H36N4O4. The monoisotopic (exact) mass is 492 g/mol. The minimum absolute atomic E-state index is 0.0279. The van der Waals surface area contributed by atoms with Crippen molar-refractivity contribution in [3.05, 3.63) is 48.3 Å². The topological polar surface area (TPSA) is 84.0 Å². The van der Waals surface area contributed by atoms with Gasteiger partial charge in [-0.25, -0.2) is 0 Å². The van der Waals surface area contributed by atoms with Gasteiger partial charge in [0, 0.05) is 70.5 Å².